The van der Waals surface area contributed by atoms with E-state index in [1.807, 2.05) is 18.0 Å². The summed E-state index contributed by atoms with van der Waals surface area (Å²) in [5.41, 5.74) is 6.85. The first-order valence-electron chi connectivity index (χ1n) is 7.75. The molecule has 23 heavy (non-hydrogen) atoms. The Morgan fingerprint density at radius 1 is 1.17 bits per heavy atom. The van der Waals surface area contributed by atoms with Crippen molar-refractivity contribution < 1.29 is 4.79 Å². The number of halogens is 2. The summed E-state index contributed by atoms with van der Waals surface area (Å²) in [6.07, 6.45) is 0. The Kier molecular flexibility index (Phi) is 9.78. The number of benzene rings is 1. The summed E-state index contributed by atoms with van der Waals surface area (Å²) in [5.74, 6) is 0.950. The lowest BCUT2D eigenvalue weighted by Gasteiger charge is -2.45. The normalized spacial score (nSPS) is 24.3. The second-order valence-corrected chi connectivity index (χ2v) is 6.33. The predicted octanol–water partition coefficient (Wildman–Crippen LogP) is 2.40. The van der Waals surface area contributed by atoms with Crippen LogP contribution in [0.1, 0.15) is 19.4 Å². The molecule has 0 bridgehead atoms. The van der Waals surface area contributed by atoms with Crippen LogP contribution in [0.3, 0.4) is 0 Å². The number of rotatable bonds is 4. The van der Waals surface area contributed by atoms with Crippen molar-refractivity contribution in [3.63, 3.8) is 0 Å². The first kappa shape index (κ1) is 22.2. The lowest BCUT2D eigenvalue weighted by molar-refractivity contribution is -0.134. The molecule has 0 aliphatic carbocycles. The molecular formula is C17H29Cl2N3O. The molecule has 0 saturated carbocycles. The maximum absolute atomic E-state index is 11.9. The summed E-state index contributed by atoms with van der Waals surface area (Å²) in [4.78, 5) is 16.2. The molecule has 1 aromatic rings. The van der Waals surface area contributed by atoms with Gasteiger partial charge in [0, 0.05) is 32.7 Å². The van der Waals surface area contributed by atoms with Gasteiger partial charge in [0.1, 0.15) is 0 Å². The average molecular weight is 362 g/mol. The van der Waals surface area contributed by atoms with E-state index in [2.05, 4.69) is 43.0 Å². The lowest BCUT2D eigenvalue weighted by atomic mass is 9.84. The minimum Gasteiger partial charge on any atom is -0.341 e. The summed E-state index contributed by atoms with van der Waals surface area (Å²) in [5, 5.41) is 0. The van der Waals surface area contributed by atoms with E-state index in [0.717, 1.165) is 19.6 Å². The number of nitrogens with zero attached hydrogens (tertiary/aromatic N) is 2. The van der Waals surface area contributed by atoms with Crippen molar-refractivity contribution in [2.75, 3.05) is 26.7 Å². The van der Waals surface area contributed by atoms with Crippen molar-refractivity contribution in [1.82, 2.24) is 9.80 Å². The van der Waals surface area contributed by atoms with Gasteiger partial charge < -0.3 is 10.6 Å². The van der Waals surface area contributed by atoms with Crippen LogP contribution >= 0.6 is 24.8 Å². The van der Waals surface area contributed by atoms with Crippen molar-refractivity contribution in [3.05, 3.63) is 35.9 Å². The SMILES string of the molecule is CC1CN(Cc2ccccc2)CC(C)C1N(C)C(=O)CN.Cl.Cl. The smallest absolute Gasteiger partial charge is 0.236 e. The van der Waals surface area contributed by atoms with Gasteiger partial charge in [0.05, 0.1) is 6.54 Å². The summed E-state index contributed by atoms with van der Waals surface area (Å²) in [6.45, 7) is 7.59. The Hall–Kier alpha value is -0.810. The first-order chi connectivity index (χ1) is 10.0. The largest absolute Gasteiger partial charge is 0.341 e. The predicted molar refractivity (Wildman–Crippen MR) is 100 cm³/mol. The highest BCUT2D eigenvalue weighted by molar-refractivity contribution is 5.85. The van der Waals surface area contributed by atoms with Gasteiger partial charge in [-0.25, -0.2) is 0 Å². The molecule has 0 aromatic heterocycles. The molecule has 1 fully saturated rings. The molecule has 2 unspecified atom stereocenters. The fourth-order valence-corrected chi connectivity index (χ4v) is 3.71. The maximum Gasteiger partial charge on any atom is 0.236 e. The van der Waals surface area contributed by atoms with E-state index < -0.39 is 0 Å². The number of likely N-dealkylation sites (N-methyl/N-ethyl adjacent to an activating group) is 1. The van der Waals surface area contributed by atoms with Crippen LogP contribution < -0.4 is 5.73 Å². The van der Waals surface area contributed by atoms with Crippen molar-refractivity contribution in [1.29, 1.82) is 0 Å². The van der Waals surface area contributed by atoms with Crippen molar-refractivity contribution in [2.24, 2.45) is 17.6 Å². The molecule has 0 radical (unpaired) electrons. The quantitative estimate of drug-likeness (QED) is 0.895. The van der Waals surface area contributed by atoms with Crippen LogP contribution in [0, 0.1) is 11.8 Å². The van der Waals surface area contributed by atoms with Crippen molar-refractivity contribution >= 4 is 30.7 Å². The van der Waals surface area contributed by atoms with E-state index in [1.165, 1.54) is 5.56 Å². The number of hydrogen-bond donors (Lipinski definition) is 1. The third-order valence-electron chi connectivity index (χ3n) is 4.52. The van der Waals surface area contributed by atoms with Gasteiger partial charge in [0.15, 0.2) is 0 Å². The molecular weight excluding hydrogens is 333 g/mol. The van der Waals surface area contributed by atoms with Gasteiger partial charge in [0.2, 0.25) is 5.91 Å². The van der Waals surface area contributed by atoms with Crippen molar-refractivity contribution in [2.45, 2.75) is 26.4 Å². The first-order valence-corrected chi connectivity index (χ1v) is 7.75. The second kappa shape index (κ2) is 10.1. The fraction of sp³-hybridized carbons (Fsp3) is 0.588. The average Bonchev–Trinajstić information content (AvgIpc) is 2.46. The van der Waals surface area contributed by atoms with E-state index in [0.29, 0.717) is 11.8 Å². The zero-order valence-corrected chi connectivity index (χ0v) is 15.8. The van der Waals surface area contributed by atoms with Gasteiger partial charge in [-0.2, -0.15) is 0 Å². The minimum atomic E-state index is 0. The molecule has 132 valence electrons. The number of amides is 1. The molecule has 2 rings (SSSR count). The number of nitrogens with two attached hydrogens (primary N) is 1. The van der Waals surface area contributed by atoms with Crippen LogP contribution in [-0.4, -0.2) is 48.4 Å². The van der Waals surface area contributed by atoms with Crippen LogP contribution in [0.25, 0.3) is 0 Å². The Balaban J connectivity index is 0.00000242. The fourth-order valence-electron chi connectivity index (χ4n) is 3.71. The van der Waals surface area contributed by atoms with E-state index in [4.69, 9.17) is 5.73 Å². The molecule has 4 nitrogen and oxygen atoms in total. The minimum absolute atomic E-state index is 0. The topological polar surface area (TPSA) is 49.6 Å². The van der Waals surface area contributed by atoms with Gasteiger partial charge >= 0.3 is 0 Å². The van der Waals surface area contributed by atoms with Gasteiger partial charge in [-0.15, -0.1) is 24.8 Å². The molecule has 1 aliphatic heterocycles. The molecule has 1 amide bonds. The highest BCUT2D eigenvalue weighted by Crippen LogP contribution is 2.27. The molecule has 0 spiro atoms. The van der Waals surface area contributed by atoms with Crippen LogP contribution in [0.5, 0.6) is 0 Å². The maximum atomic E-state index is 11.9. The third kappa shape index (κ3) is 5.64. The van der Waals surface area contributed by atoms with E-state index in [1.54, 1.807) is 0 Å². The summed E-state index contributed by atoms with van der Waals surface area (Å²) in [6, 6.07) is 10.9. The van der Waals surface area contributed by atoms with Gasteiger partial charge in [-0.05, 0) is 17.4 Å². The van der Waals surface area contributed by atoms with E-state index in [-0.39, 0.29) is 43.3 Å². The summed E-state index contributed by atoms with van der Waals surface area (Å²) in [7, 11) is 1.89. The second-order valence-electron chi connectivity index (χ2n) is 6.33. The molecule has 1 aliphatic rings. The molecule has 1 aromatic carbocycles. The molecule has 6 heteroatoms. The molecule has 1 heterocycles. The Morgan fingerprint density at radius 3 is 2.17 bits per heavy atom. The number of carbonyl (C=O) groups is 1. The summed E-state index contributed by atoms with van der Waals surface area (Å²) >= 11 is 0. The van der Waals surface area contributed by atoms with E-state index >= 15 is 0 Å². The number of piperidine rings is 1. The van der Waals surface area contributed by atoms with Crippen LogP contribution in [-0.2, 0) is 11.3 Å². The third-order valence-corrected chi connectivity index (χ3v) is 4.52. The molecule has 2 N–H and O–H groups in total. The van der Waals surface area contributed by atoms with Crippen LogP contribution in [0.4, 0.5) is 0 Å². The zero-order valence-electron chi connectivity index (χ0n) is 14.1. The highest BCUT2D eigenvalue weighted by atomic mass is 35.5. The highest BCUT2D eigenvalue weighted by Gasteiger charge is 2.35. The number of carbonyl (C=O) groups excluding carboxylic acids is 1. The Bertz CT molecular complexity index is 460. The van der Waals surface area contributed by atoms with Gasteiger partial charge in [-0.3, -0.25) is 9.69 Å². The van der Waals surface area contributed by atoms with Crippen LogP contribution in [0.15, 0.2) is 30.3 Å². The number of hydrogen-bond acceptors (Lipinski definition) is 3. The molecule has 1 saturated heterocycles. The van der Waals surface area contributed by atoms with E-state index in [9.17, 15) is 4.79 Å². The lowest BCUT2D eigenvalue weighted by Crippen LogP contribution is -2.55. The standard InChI is InChI=1S/C17H27N3O.2ClH/c1-13-10-20(12-15-7-5-4-6-8-15)11-14(2)17(13)19(3)16(21)9-18;;/h4-8,13-14,17H,9-12,18H2,1-3H3;2*1H. The van der Waals surface area contributed by atoms with Crippen LogP contribution in [0.2, 0.25) is 0 Å². The van der Waals surface area contributed by atoms with Crippen molar-refractivity contribution in [3.8, 4) is 0 Å². The molecule has 2 atom stereocenters. The zero-order chi connectivity index (χ0) is 15.4. The van der Waals surface area contributed by atoms with Gasteiger partial charge in [-0.1, -0.05) is 44.2 Å². The monoisotopic (exact) mass is 361 g/mol. The summed E-state index contributed by atoms with van der Waals surface area (Å²) < 4.78 is 0. The van der Waals surface area contributed by atoms with Gasteiger partial charge in [0.25, 0.3) is 0 Å². The number of likely N-dealkylation sites (tertiary alicyclic amines) is 1. The Labute approximate surface area is 152 Å². The Morgan fingerprint density at radius 2 is 1.70 bits per heavy atom.